The molecule has 0 fully saturated rings. The lowest BCUT2D eigenvalue weighted by atomic mass is 10.0. The second-order valence-corrected chi connectivity index (χ2v) is 5.56. The number of carbonyl (C=O) groups is 2. The number of hydrogen-bond acceptors (Lipinski definition) is 5. The molecular weight excluding hydrogens is 296 g/mol. The number of unbranched alkanes of at least 4 members (excludes halogenated alkanes) is 1. The van der Waals surface area contributed by atoms with Crippen molar-refractivity contribution in [2.45, 2.75) is 39.5 Å². The van der Waals surface area contributed by atoms with Crippen LogP contribution >= 0.6 is 0 Å². The van der Waals surface area contributed by atoms with Gasteiger partial charge in [0.2, 0.25) is 0 Å². The molecule has 6 heteroatoms. The summed E-state index contributed by atoms with van der Waals surface area (Å²) in [6.07, 6.45) is 3.46. The zero-order valence-corrected chi connectivity index (χ0v) is 13.4. The van der Waals surface area contributed by atoms with Crippen molar-refractivity contribution in [3.8, 4) is 0 Å². The van der Waals surface area contributed by atoms with Gasteiger partial charge in [0.1, 0.15) is 5.69 Å². The molecule has 0 bridgehead atoms. The number of fused-ring (bicyclic) bond motifs is 1. The molecule has 2 aromatic rings. The third-order valence-corrected chi connectivity index (χ3v) is 3.94. The first-order chi connectivity index (χ1) is 11.1. The first-order valence-electron chi connectivity index (χ1n) is 7.94. The van der Waals surface area contributed by atoms with Crippen molar-refractivity contribution >= 4 is 23.0 Å². The minimum Gasteiger partial charge on any atom is -0.543 e. The Kier molecular flexibility index (Phi) is 5.73. The van der Waals surface area contributed by atoms with Crippen LogP contribution < -0.4 is 5.11 Å². The fraction of sp³-hybridized carbons (Fsp3) is 0.471. The Labute approximate surface area is 135 Å². The Morgan fingerprint density at radius 3 is 2.70 bits per heavy atom. The summed E-state index contributed by atoms with van der Waals surface area (Å²) < 4.78 is 6.32. The molecule has 23 heavy (non-hydrogen) atoms. The summed E-state index contributed by atoms with van der Waals surface area (Å²) in [4.78, 5) is 23.4. The Hall–Kier alpha value is -2.37. The molecule has 124 valence electrons. The number of para-hydroxylation sites is 1. The van der Waals surface area contributed by atoms with Crippen molar-refractivity contribution in [1.82, 2.24) is 9.78 Å². The predicted molar refractivity (Wildman–Crippen MR) is 84.1 cm³/mol. The summed E-state index contributed by atoms with van der Waals surface area (Å²) in [7, 11) is 0. The maximum absolute atomic E-state index is 12.3. The summed E-state index contributed by atoms with van der Waals surface area (Å²) in [5.41, 5.74) is 0.147. The van der Waals surface area contributed by atoms with E-state index in [0.717, 1.165) is 30.4 Å². The van der Waals surface area contributed by atoms with Gasteiger partial charge in [-0.3, -0.25) is 0 Å². The predicted octanol–water partition coefficient (Wildman–Crippen LogP) is 2.60. The van der Waals surface area contributed by atoms with Gasteiger partial charge in [-0.1, -0.05) is 51.3 Å². The van der Waals surface area contributed by atoms with E-state index in [1.165, 1.54) is 0 Å². The lowest BCUT2D eigenvalue weighted by molar-refractivity contribution is -0.255. The number of benzene rings is 1. The molecule has 6 nitrogen and oxygen atoms in total. The van der Waals surface area contributed by atoms with Crippen molar-refractivity contribution in [2.24, 2.45) is 5.92 Å². The van der Waals surface area contributed by atoms with Crippen molar-refractivity contribution in [2.75, 3.05) is 6.61 Å². The van der Waals surface area contributed by atoms with Crippen molar-refractivity contribution in [1.29, 1.82) is 0 Å². The van der Waals surface area contributed by atoms with Crippen LogP contribution in [0, 0.1) is 5.92 Å². The Morgan fingerprint density at radius 2 is 2.04 bits per heavy atom. The minimum atomic E-state index is -1.41. The third kappa shape index (κ3) is 3.88. The first-order valence-corrected chi connectivity index (χ1v) is 7.94. The molecule has 0 spiro atoms. The number of hydrogen-bond donors (Lipinski definition) is 0. The number of aromatic nitrogens is 2. The van der Waals surface area contributed by atoms with E-state index in [-0.39, 0.29) is 5.69 Å². The summed E-state index contributed by atoms with van der Waals surface area (Å²) in [5.74, 6) is -1.11. The summed E-state index contributed by atoms with van der Waals surface area (Å²) >= 11 is 0. The second-order valence-electron chi connectivity index (χ2n) is 5.56. The number of ether oxygens (including phenoxy) is 1. The maximum atomic E-state index is 12.3. The molecule has 0 aliphatic heterocycles. The molecular formula is C17H21N2O4-. The quantitative estimate of drug-likeness (QED) is 0.783. The lowest BCUT2D eigenvalue weighted by Gasteiger charge is -2.14. The molecule has 1 aromatic heterocycles. The highest BCUT2D eigenvalue weighted by molar-refractivity contribution is 6.02. The molecule has 0 amide bonds. The number of carbonyl (C=O) groups excluding carboxylic acids is 2. The molecule has 0 saturated carbocycles. The number of aromatic carboxylic acids is 1. The standard InChI is InChI=1S/C17H22N2O4/c1-3-5-8-12(4-2)11-23-17(22)19-14-10-7-6-9-13(14)15(18-19)16(20)21/h6-7,9-10,12H,3-5,8,11H2,1-2H3,(H,20,21)/p-1. The van der Waals surface area contributed by atoms with E-state index in [0.29, 0.717) is 23.4 Å². The van der Waals surface area contributed by atoms with Crippen LogP contribution in [0.3, 0.4) is 0 Å². The molecule has 0 radical (unpaired) electrons. The van der Waals surface area contributed by atoms with E-state index in [2.05, 4.69) is 18.9 Å². The normalized spacial score (nSPS) is 12.3. The van der Waals surface area contributed by atoms with Gasteiger partial charge in [-0.15, -0.1) is 0 Å². The highest BCUT2D eigenvalue weighted by atomic mass is 16.6. The van der Waals surface area contributed by atoms with Crippen molar-refractivity contribution in [3.63, 3.8) is 0 Å². The summed E-state index contributed by atoms with van der Waals surface area (Å²) in [5, 5.41) is 15.3. The van der Waals surface area contributed by atoms with Crippen LogP contribution in [0.25, 0.3) is 10.9 Å². The van der Waals surface area contributed by atoms with Gasteiger partial charge in [0, 0.05) is 5.39 Å². The van der Waals surface area contributed by atoms with Crippen LogP contribution in [-0.4, -0.2) is 28.4 Å². The number of carboxylic acid groups (broad SMARTS) is 1. The van der Waals surface area contributed by atoms with Gasteiger partial charge in [0.15, 0.2) is 0 Å². The monoisotopic (exact) mass is 317 g/mol. The van der Waals surface area contributed by atoms with Crippen molar-refractivity contribution in [3.05, 3.63) is 30.0 Å². The average Bonchev–Trinajstić information content (AvgIpc) is 2.95. The van der Waals surface area contributed by atoms with Crippen LogP contribution in [0.1, 0.15) is 50.0 Å². The van der Waals surface area contributed by atoms with Gasteiger partial charge >= 0.3 is 6.09 Å². The van der Waals surface area contributed by atoms with Crippen LogP contribution in [-0.2, 0) is 4.74 Å². The van der Waals surface area contributed by atoms with E-state index in [1.807, 2.05) is 0 Å². The molecule has 1 aromatic carbocycles. The zero-order valence-electron chi connectivity index (χ0n) is 13.4. The van der Waals surface area contributed by atoms with Crippen molar-refractivity contribution < 1.29 is 19.4 Å². The Morgan fingerprint density at radius 1 is 1.30 bits per heavy atom. The molecule has 1 heterocycles. The molecule has 2 rings (SSSR count). The Bertz CT molecular complexity index is 693. The summed E-state index contributed by atoms with van der Waals surface area (Å²) in [6, 6.07) is 6.62. The SMILES string of the molecule is CCCCC(CC)COC(=O)n1nc(C(=O)[O-])c2ccccc21. The van der Waals surface area contributed by atoms with Gasteiger partial charge in [-0.25, -0.2) is 4.79 Å². The van der Waals surface area contributed by atoms with E-state index in [9.17, 15) is 14.7 Å². The lowest BCUT2D eigenvalue weighted by Crippen LogP contribution is -2.24. The molecule has 0 aliphatic carbocycles. The molecule has 1 unspecified atom stereocenters. The fourth-order valence-corrected chi connectivity index (χ4v) is 2.50. The van der Waals surface area contributed by atoms with Gasteiger partial charge in [0.25, 0.3) is 0 Å². The third-order valence-electron chi connectivity index (χ3n) is 3.94. The highest BCUT2D eigenvalue weighted by Gasteiger charge is 2.18. The Balaban J connectivity index is 2.16. The van der Waals surface area contributed by atoms with Crippen LogP contribution in [0.4, 0.5) is 4.79 Å². The molecule has 0 saturated heterocycles. The van der Waals surface area contributed by atoms with E-state index >= 15 is 0 Å². The number of nitrogens with zero attached hydrogens (tertiary/aromatic N) is 2. The van der Waals surface area contributed by atoms with Gasteiger partial charge in [-0.05, 0) is 18.4 Å². The van der Waals surface area contributed by atoms with E-state index in [4.69, 9.17) is 4.74 Å². The minimum absolute atomic E-state index is 0.254. The topological polar surface area (TPSA) is 84.2 Å². The average molecular weight is 317 g/mol. The second kappa shape index (κ2) is 7.76. The maximum Gasteiger partial charge on any atom is 0.435 e. The molecule has 0 aliphatic rings. The number of rotatable bonds is 7. The van der Waals surface area contributed by atoms with Gasteiger partial charge in [0.05, 0.1) is 18.1 Å². The smallest absolute Gasteiger partial charge is 0.435 e. The van der Waals surface area contributed by atoms with Crippen LogP contribution in [0.5, 0.6) is 0 Å². The van der Waals surface area contributed by atoms with Gasteiger partial charge < -0.3 is 14.6 Å². The number of carboxylic acids is 1. The fourth-order valence-electron chi connectivity index (χ4n) is 2.50. The highest BCUT2D eigenvalue weighted by Crippen LogP contribution is 2.19. The van der Waals surface area contributed by atoms with E-state index in [1.54, 1.807) is 24.3 Å². The van der Waals surface area contributed by atoms with E-state index < -0.39 is 12.1 Å². The summed E-state index contributed by atoms with van der Waals surface area (Å²) in [6.45, 7) is 4.49. The van der Waals surface area contributed by atoms with Crippen LogP contribution in [0.2, 0.25) is 0 Å². The largest absolute Gasteiger partial charge is 0.543 e. The zero-order chi connectivity index (χ0) is 16.8. The van der Waals surface area contributed by atoms with Crippen LogP contribution in [0.15, 0.2) is 24.3 Å². The molecule has 1 atom stereocenters. The first kappa shape index (κ1) is 17.0. The van der Waals surface area contributed by atoms with Gasteiger partial charge in [-0.2, -0.15) is 9.78 Å². The molecule has 0 N–H and O–H groups in total.